The number of benzene rings is 1. The van der Waals surface area contributed by atoms with Crippen molar-refractivity contribution in [3.8, 4) is 11.5 Å². The van der Waals surface area contributed by atoms with Gasteiger partial charge in [0.2, 0.25) is 21.7 Å². The second-order valence-electron chi connectivity index (χ2n) is 9.95. The highest BCUT2D eigenvalue weighted by molar-refractivity contribution is 7.92. The first kappa shape index (κ1) is 27.7. The Morgan fingerprint density at radius 1 is 1.08 bits per heavy atom. The van der Waals surface area contributed by atoms with Crippen LogP contribution in [-0.2, 0) is 14.8 Å². The number of pyridine rings is 1. The number of aliphatic hydroxyl groups excluding tert-OH is 1. The Hall–Kier alpha value is -3.28. The first-order valence-corrected chi connectivity index (χ1v) is 14.4. The molecule has 0 saturated heterocycles. The summed E-state index contributed by atoms with van der Waals surface area (Å²) in [6.07, 6.45) is 1.34. The number of nitrogens with zero attached hydrogens (tertiary/aromatic N) is 2. The van der Waals surface area contributed by atoms with Gasteiger partial charge in [0.15, 0.2) is 6.29 Å². The Bertz CT molecular complexity index is 1370. The van der Waals surface area contributed by atoms with Crippen LogP contribution < -0.4 is 10.0 Å². The molecule has 1 unspecified atom stereocenters. The highest BCUT2D eigenvalue weighted by Gasteiger charge is 2.35. The molecule has 1 amide bonds. The normalized spacial score (nSPS) is 18.8. The zero-order valence-electron chi connectivity index (χ0n) is 21.7. The van der Waals surface area contributed by atoms with Crippen molar-refractivity contribution in [1.82, 2.24) is 10.1 Å². The minimum atomic E-state index is -3.74. The lowest BCUT2D eigenvalue weighted by Gasteiger charge is -2.31. The molecule has 0 aliphatic heterocycles. The number of aromatic nitrogens is 2. The van der Waals surface area contributed by atoms with Crippen molar-refractivity contribution in [2.24, 2.45) is 11.8 Å². The van der Waals surface area contributed by atoms with Crippen molar-refractivity contribution in [3.63, 3.8) is 0 Å². The summed E-state index contributed by atoms with van der Waals surface area (Å²) in [5.41, 5.74) is 2.84. The van der Waals surface area contributed by atoms with Crippen LogP contribution in [0.3, 0.4) is 0 Å². The standard InChI is InChI=1S/C27H34N4O6S/c1-16(19-9-5-4-6-10-19)15-38(35,36)31-24-18(3)30-37-25(24)23-14-13-22(17(2)28-23)29-26(32)20-11-7-8-12-21(20)27(33)34/h4-6,9-10,13-14,16,20-21,27,31,33-34H,7-8,11-12,15H2,1-3H3,(H,29,32)/t16?,20-,21-/m0/s1. The van der Waals surface area contributed by atoms with Crippen molar-refractivity contribution in [1.29, 1.82) is 0 Å². The summed E-state index contributed by atoms with van der Waals surface area (Å²) in [6.45, 7) is 5.21. The molecule has 0 radical (unpaired) electrons. The molecule has 0 bridgehead atoms. The number of carbonyl (C=O) groups is 1. The molecule has 2 heterocycles. The Kier molecular flexibility index (Phi) is 8.49. The molecule has 3 aromatic rings. The fraction of sp³-hybridized carbons (Fsp3) is 0.444. The highest BCUT2D eigenvalue weighted by Crippen LogP contribution is 2.35. The monoisotopic (exact) mass is 542 g/mol. The van der Waals surface area contributed by atoms with Gasteiger partial charge in [0, 0.05) is 11.8 Å². The average molecular weight is 543 g/mol. The molecule has 4 rings (SSSR count). The molecule has 204 valence electrons. The molecule has 3 atom stereocenters. The van der Waals surface area contributed by atoms with Crippen LogP contribution in [0.25, 0.3) is 11.5 Å². The zero-order valence-corrected chi connectivity index (χ0v) is 22.5. The predicted molar refractivity (Wildman–Crippen MR) is 144 cm³/mol. The van der Waals surface area contributed by atoms with Crippen LogP contribution in [0, 0.1) is 25.7 Å². The van der Waals surface area contributed by atoms with Gasteiger partial charge in [-0.15, -0.1) is 0 Å². The van der Waals surface area contributed by atoms with Gasteiger partial charge in [-0.25, -0.2) is 13.4 Å². The lowest BCUT2D eigenvalue weighted by molar-refractivity contribution is -0.138. The second kappa shape index (κ2) is 11.6. The third-order valence-electron chi connectivity index (χ3n) is 7.07. The summed E-state index contributed by atoms with van der Waals surface area (Å²) >= 11 is 0. The molecule has 1 saturated carbocycles. The first-order chi connectivity index (χ1) is 18.1. The number of carbonyl (C=O) groups excluding carboxylic acids is 1. The van der Waals surface area contributed by atoms with Gasteiger partial charge in [0.1, 0.15) is 17.1 Å². The largest absolute Gasteiger partial charge is 0.368 e. The minimum Gasteiger partial charge on any atom is -0.368 e. The number of rotatable bonds is 9. The molecular weight excluding hydrogens is 508 g/mol. The number of aliphatic hydroxyl groups is 2. The van der Waals surface area contributed by atoms with E-state index >= 15 is 0 Å². The van der Waals surface area contributed by atoms with Gasteiger partial charge in [0.05, 0.1) is 17.1 Å². The number of anilines is 2. The summed E-state index contributed by atoms with van der Waals surface area (Å²) in [7, 11) is -3.74. The lowest BCUT2D eigenvalue weighted by Crippen LogP contribution is -2.38. The Labute approximate surface area is 222 Å². The molecule has 0 spiro atoms. The van der Waals surface area contributed by atoms with Crippen molar-refractivity contribution in [2.45, 2.75) is 58.7 Å². The van der Waals surface area contributed by atoms with Crippen LogP contribution in [0.15, 0.2) is 47.0 Å². The molecule has 11 heteroatoms. The van der Waals surface area contributed by atoms with E-state index < -0.39 is 28.1 Å². The van der Waals surface area contributed by atoms with Gasteiger partial charge in [-0.05, 0) is 50.3 Å². The summed E-state index contributed by atoms with van der Waals surface area (Å²) in [4.78, 5) is 17.5. The van der Waals surface area contributed by atoms with E-state index in [-0.39, 0.29) is 29.0 Å². The van der Waals surface area contributed by atoms with E-state index in [4.69, 9.17) is 4.52 Å². The van der Waals surface area contributed by atoms with Gasteiger partial charge >= 0.3 is 0 Å². The maximum absolute atomic E-state index is 13.0. The fourth-order valence-corrected chi connectivity index (χ4v) is 6.44. The number of amides is 1. The van der Waals surface area contributed by atoms with Crippen LogP contribution >= 0.6 is 0 Å². The Morgan fingerprint density at radius 2 is 1.79 bits per heavy atom. The van der Waals surface area contributed by atoms with E-state index in [1.807, 2.05) is 37.3 Å². The van der Waals surface area contributed by atoms with Crippen molar-refractivity contribution >= 4 is 27.3 Å². The molecular formula is C27H34N4O6S. The van der Waals surface area contributed by atoms with E-state index in [9.17, 15) is 23.4 Å². The molecule has 2 aromatic heterocycles. The van der Waals surface area contributed by atoms with Gasteiger partial charge in [0.25, 0.3) is 0 Å². The number of hydrogen-bond donors (Lipinski definition) is 4. The number of sulfonamides is 1. The van der Waals surface area contributed by atoms with Gasteiger partial charge in [-0.3, -0.25) is 9.52 Å². The Morgan fingerprint density at radius 3 is 2.47 bits per heavy atom. The lowest BCUT2D eigenvalue weighted by atomic mass is 9.78. The van der Waals surface area contributed by atoms with Crippen LogP contribution in [-0.4, -0.2) is 46.7 Å². The SMILES string of the molecule is Cc1nc(-c2onc(C)c2NS(=O)(=O)CC(C)c2ccccc2)ccc1NC(=O)[C@H]1CCCC[C@@H]1C(O)O. The number of nitrogens with one attached hydrogen (secondary N) is 2. The van der Waals surface area contributed by atoms with E-state index in [1.54, 1.807) is 26.0 Å². The van der Waals surface area contributed by atoms with Crippen LogP contribution in [0.5, 0.6) is 0 Å². The van der Waals surface area contributed by atoms with E-state index in [0.29, 0.717) is 35.6 Å². The Balaban J connectivity index is 1.50. The summed E-state index contributed by atoms with van der Waals surface area (Å²) in [6, 6.07) is 12.7. The summed E-state index contributed by atoms with van der Waals surface area (Å²) < 4.78 is 34.1. The minimum absolute atomic E-state index is 0.122. The fourth-order valence-electron chi connectivity index (χ4n) is 4.96. The van der Waals surface area contributed by atoms with E-state index in [0.717, 1.165) is 18.4 Å². The summed E-state index contributed by atoms with van der Waals surface area (Å²) in [5.74, 6) is -1.46. The van der Waals surface area contributed by atoms with Gasteiger partial charge < -0.3 is 20.1 Å². The molecule has 1 aromatic carbocycles. The molecule has 10 nitrogen and oxygen atoms in total. The number of aryl methyl sites for hydroxylation is 2. The van der Waals surface area contributed by atoms with E-state index in [2.05, 4.69) is 20.2 Å². The smallest absolute Gasteiger partial charge is 0.233 e. The first-order valence-electron chi connectivity index (χ1n) is 12.7. The molecule has 1 fully saturated rings. The topological polar surface area (TPSA) is 155 Å². The molecule has 4 N–H and O–H groups in total. The zero-order chi connectivity index (χ0) is 27.4. The van der Waals surface area contributed by atoms with Gasteiger partial charge in [-0.1, -0.05) is 55.3 Å². The predicted octanol–water partition coefficient (Wildman–Crippen LogP) is 3.95. The van der Waals surface area contributed by atoms with Crippen LogP contribution in [0.2, 0.25) is 0 Å². The van der Waals surface area contributed by atoms with Crippen LogP contribution in [0.1, 0.15) is 55.5 Å². The highest BCUT2D eigenvalue weighted by atomic mass is 32.2. The van der Waals surface area contributed by atoms with E-state index in [1.165, 1.54) is 0 Å². The molecule has 1 aliphatic carbocycles. The maximum atomic E-state index is 13.0. The van der Waals surface area contributed by atoms with Crippen molar-refractivity contribution in [3.05, 3.63) is 59.4 Å². The van der Waals surface area contributed by atoms with Gasteiger partial charge in [-0.2, -0.15) is 0 Å². The molecule has 1 aliphatic rings. The quantitative estimate of drug-likeness (QED) is 0.296. The second-order valence-corrected chi connectivity index (χ2v) is 11.7. The maximum Gasteiger partial charge on any atom is 0.233 e. The average Bonchev–Trinajstić information content (AvgIpc) is 3.24. The third kappa shape index (κ3) is 6.40. The summed E-state index contributed by atoms with van der Waals surface area (Å²) in [5, 5.41) is 26.2. The van der Waals surface area contributed by atoms with Crippen molar-refractivity contribution in [2.75, 3.05) is 15.8 Å². The third-order valence-corrected chi connectivity index (χ3v) is 8.53. The molecule has 38 heavy (non-hydrogen) atoms. The number of hydrogen-bond acceptors (Lipinski definition) is 8. The van der Waals surface area contributed by atoms with Crippen molar-refractivity contribution < 1.29 is 27.9 Å². The van der Waals surface area contributed by atoms with Crippen LogP contribution in [0.4, 0.5) is 11.4 Å².